The molecule has 0 fully saturated rings. The molecule has 1 rings (SSSR count). The number of benzene rings is 1. The molecule has 0 N–H and O–H groups in total. The molecule has 0 aliphatic carbocycles. The molecule has 0 aliphatic rings. The highest BCUT2D eigenvalue weighted by Gasteiger charge is 1.90. The van der Waals surface area contributed by atoms with Crippen molar-refractivity contribution in [3.8, 4) is 0 Å². The van der Waals surface area contributed by atoms with Crippen molar-refractivity contribution in [3.63, 3.8) is 0 Å². The van der Waals surface area contributed by atoms with E-state index >= 15 is 0 Å². The number of hydrogen-bond acceptors (Lipinski definition) is 0. The van der Waals surface area contributed by atoms with Gasteiger partial charge >= 0.3 is 0 Å². The van der Waals surface area contributed by atoms with Gasteiger partial charge in [0.05, 0.1) is 4.11 Å². The quantitative estimate of drug-likeness (QED) is 0.595. The Morgan fingerprint density at radius 2 is 2.44 bits per heavy atom. The Hall–Kier alpha value is -0.300. The average molecular weight is 194 g/mol. The second kappa shape index (κ2) is 2.53. The van der Waals surface area contributed by atoms with Gasteiger partial charge in [0, 0.05) is 12.7 Å². The van der Waals surface area contributed by atoms with Crippen molar-refractivity contribution < 1.29 is 12.3 Å². The smallest absolute Gasteiger partial charge is 0.0582 e. The van der Waals surface area contributed by atoms with Crippen LogP contribution >= 0.6 is 15.9 Å². The van der Waals surface area contributed by atoms with Gasteiger partial charge in [0.2, 0.25) is 0 Å². The molecule has 1 aromatic carbocycles. The van der Waals surface area contributed by atoms with Crippen molar-refractivity contribution in [2.45, 2.75) is 13.7 Å². The zero-order chi connectivity index (χ0) is 14.5. The van der Waals surface area contributed by atoms with Crippen molar-refractivity contribution in [1.82, 2.24) is 0 Å². The van der Waals surface area contributed by atoms with E-state index in [0.29, 0.717) is 0 Å². The molecular formula is C8H9Br. The van der Waals surface area contributed by atoms with Gasteiger partial charge in [-0.15, -0.1) is 0 Å². The molecule has 1 aromatic rings. The maximum atomic E-state index is 7.68. The van der Waals surface area contributed by atoms with Gasteiger partial charge in [-0.2, -0.15) is 0 Å². The van der Waals surface area contributed by atoms with Gasteiger partial charge in [0.1, 0.15) is 0 Å². The predicted octanol–water partition coefficient (Wildman–Crippen LogP) is 3.07. The largest absolute Gasteiger partial charge is 0.0635 e. The van der Waals surface area contributed by atoms with Crippen LogP contribution in [0.1, 0.15) is 23.5 Å². The fraction of sp³-hybridized carbons (Fsp3) is 0.250. The van der Waals surface area contributed by atoms with Crippen molar-refractivity contribution >= 4 is 15.9 Å². The fourth-order valence-electron chi connectivity index (χ4n) is 0.391. The maximum absolute atomic E-state index is 7.68. The van der Waals surface area contributed by atoms with Crippen LogP contribution in [0.5, 0.6) is 0 Å². The second-order valence-electron chi connectivity index (χ2n) is 1.44. The van der Waals surface area contributed by atoms with E-state index in [9.17, 15) is 0 Å². The first-order chi connectivity index (χ1) is 7.89. The molecule has 0 aromatic heterocycles. The lowest BCUT2D eigenvalue weighted by molar-refractivity contribution is 1.36. The summed E-state index contributed by atoms with van der Waals surface area (Å²) in [5.74, 6) is 0. The van der Waals surface area contributed by atoms with E-state index in [1.807, 2.05) is 0 Å². The number of halogens is 1. The summed E-state index contributed by atoms with van der Waals surface area (Å²) < 4.78 is 66.1. The van der Waals surface area contributed by atoms with Crippen LogP contribution in [0.15, 0.2) is 22.6 Å². The molecule has 1 heteroatoms. The minimum Gasteiger partial charge on any atom is -0.0582 e. The standard InChI is InChI=1S/C8H9Br/c1-6-3-4-8(9)7(2)5-6/h3-5H,1-2H3/i1D3,2D3,3D,4D,5D. The fourth-order valence-corrected chi connectivity index (χ4v) is 0.589. The third-order valence-electron chi connectivity index (χ3n) is 0.767. The first kappa shape index (κ1) is 1.65. The van der Waals surface area contributed by atoms with Gasteiger partial charge in [0.15, 0.2) is 0 Å². The summed E-state index contributed by atoms with van der Waals surface area (Å²) in [5, 5.41) is 0. The Labute approximate surface area is 76.7 Å². The molecule has 0 nitrogen and oxygen atoms in total. The van der Waals surface area contributed by atoms with Crippen LogP contribution < -0.4 is 0 Å². The van der Waals surface area contributed by atoms with E-state index < -0.39 is 43.0 Å². The summed E-state index contributed by atoms with van der Waals surface area (Å²) in [6.07, 6.45) is 0. The van der Waals surface area contributed by atoms with Gasteiger partial charge in [-0.1, -0.05) is 33.6 Å². The summed E-state index contributed by atoms with van der Waals surface area (Å²) in [6, 6.07) is -1.92. The molecule has 0 spiro atoms. The molecule has 48 valence electrons. The van der Waals surface area contributed by atoms with Crippen molar-refractivity contribution in [2.24, 2.45) is 0 Å². The molecule has 0 saturated heterocycles. The van der Waals surface area contributed by atoms with Crippen molar-refractivity contribution in [3.05, 3.63) is 33.7 Å². The number of hydrogen-bond donors (Lipinski definition) is 0. The monoisotopic (exact) mass is 193 g/mol. The summed E-state index contributed by atoms with van der Waals surface area (Å²) in [4.78, 5) is 0. The van der Waals surface area contributed by atoms with Crippen LogP contribution in [-0.2, 0) is 0 Å². The van der Waals surface area contributed by atoms with E-state index in [-0.39, 0.29) is 4.47 Å². The van der Waals surface area contributed by atoms with Crippen molar-refractivity contribution in [1.29, 1.82) is 0 Å². The highest BCUT2D eigenvalue weighted by Crippen LogP contribution is 2.15. The zero-order valence-electron chi connectivity index (χ0n) is 13.4. The molecule has 0 unspecified atom stereocenters. The van der Waals surface area contributed by atoms with Crippen LogP contribution in [0.4, 0.5) is 0 Å². The van der Waals surface area contributed by atoms with E-state index in [1.54, 1.807) is 0 Å². The summed E-state index contributed by atoms with van der Waals surface area (Å²) in [6.45, 7) is -5.52. The second-order valence-corrected chi connectivity index (χ2v) is 2.23. The first-order valence-electron chi connectivity index (χ1n) is 6.69. The third-order valence-corrected chi connectivity index (χ3v) is 1.36. The summed E-state index contributed by atoms with van der Waals surface area (Å²) in [5.41, 5.74) is -1.25. The average Bonchev–Trinajstić information content (AvgIpc) is 2.09. The highest BCUT2D eigenvalue weighted by molar-refractivity contribution is 9.10. The predicted molar refractivity (Wildman–Crippen MR) is 43.6 cm³/mol. The Balaban J connectivity index is 3.83. The van der Waals surface area contributed by atoms with Gasteiger partial charge in [-0.3, -0.25) is 0 Å². The molecule has 0 aliphatic heterocycles. The SMILES string of the molecule is [2H]c1c([2H])c(C([2H])([2H])[2H])c([2H])c(C([2H])([2H])[2H])c1Br. The van der Waals surface area contributed by atoms with E-state index in [2.05, 4.69) is 15.9 Å². The molecule has 0 amide bonds. The Bertz CT molecular complexity index is 444. The lowest BCUT2D eigenvalue weighted by Gasteiger charge is -1.96. The minimum absolute atomic E-state index is 0.231. The highest BCUT2D eigenvalue weighted by atomic mass is 79.9. The van der Waals surface area contributed by atoms with Gasteiger partial charge in [0.25, 0.3) is 0 Å². The van der Waals surface area contributed by atoms with Crippen LogP contribution in [0, 0.1) is 13.7 Å². The van der Waals surface area contributed by atoms with E-state index in [4.69, 9.17) is 12.3 Å². The van der Waals surface area contributed by atoms with E-state index in [0.717, 1.165) is 0 Å². The number of rotatable bonds is 0. The molecule has 9 heavy (non-hydrogen) atoms. The van der Waals surface area contributed by atoms with Crippen LogP contribution in [0.2, 0.25) is 0 Å². The maximum Gasteiger partial charge on any atom is 0.0635 e. The summed E-state index contributed by atoms with van der Waals surface area (Å²) >= 11 is 2.85. The van der Waals surface area contributed by atoms with Crippen molar-refractivity contribution in [2.75, 3.05) is 0 Å². The van der Waals surface area contributed by atoms with E-state index in [1.165, 1.54) is 0 Å². The van der Waals surface area contributed by atoms with Gasteiger partial charge < -0.3 is 0 Å². The molecule has 0 heterocycles. The third kappa shape index (κ3) is 1.55. The zero-order valence-corrected chi connectivity index (χ0v) is 5.96. The van der Waals surface area contributed by atoms with Crippen LogP contribution in [-0.4, -0.2) is 0 Å². The lowest BCUT2D eigenvalue weighted by atomic mass is 10.2. The molecule has 0 saturated carbocycles. The van der Waals surface area contributed by atoms with Crippen LogP contribution in [0.25, 0.3) is 0 Å². The minimum atomic E-state index is -2.80. The van der Waals surface area contributed by atoms with Gasteiger partial charge in [-0.25, -0.2) is 0 Å². The lowest BCUT2D eigenvalue weighted by Crippen LogP contribution is -1.75. The molecule has 0 bridgehead atoms. The Morgan fingerprint density at radius 3 is 3.11 bits per heavy atom. The summed E-state index contributed by atoms with van der Waals surface area (Å²) in [7, 11) is 0. The normalized spacial score (nSPS) is 27.0. The first-order valence-corrected chi connectivity index (χ1v) is 2.98. The molecule has 0 atom stereocenters. The topological polar surface area (TPSA) is 0 Å². The van der Waals surface area contributed by atoms with Crippen LogP contribution in [0.3, 0.4) is 0 Å². The van der Waals surface area contributed by atoms with Gasteiger partial charge in [-0.05, 0) is 25.3 Å². The molecule has 0 radical (unpaired) electrons. The Morgan fingerprint density at radius 1 is 1.56 bits per heavy atom. The Kier molecular flexibility index (Phi) is 0.462. The molecular weight excluding hydrogens is 176 g/mol.